The second-order valence-electron chi connectivity index (χ2n) is 8.71. The van der Waals surface area contributed by atoms with Crippen molar-refractivity contribution in [2.24, 2.45) is 0 Å². The topological polar surface area (TPSA) is 90.0 Å². The Kier molecular flexibility index (Phi) is 5.25. The summed E-state index contributed by atoms with van der Waals surface area (Å²) >= 11 is 0. The van der Waals surface area contributed by atoms with E-state index in [0.29, 0.717) is 5.95 Å². The first-order valence-corrected chi connectivity index (χ1v) is 11.7. The number of aromatic nitrogens is 4. The van der Waals surface area contributed by atoms with E-state index in [4.69, 9.17) is 9.97 Å². The lowest BCUT2D eigenvalue weighted by atomic mass is 10.1. The zero-order valence-electron chi connectivity index (χ0n) is 19.4. The summed E-state index contributed by atoms with van der Waals surface area (Å²) in [6, 6.07) is 23.9. The highest BCUT2D eigenvalue weighted by atomic mass is 16.1. The van der Waals surface area contributed by atoms with Gasteiger partial charge in [-0.25, -0.2) is 4.98 Å². The summed E-state index contributed by atoms with van der Waals surface area (Å²) in [5.41, 5.74) is 3.73. The van der Waals surface area contributed by atoms with Gasteiger partial charge in [0.15, 0.2) is 11.6 Å². The summed E-state index contributed by atoms with van der Waals surface area (Å²) in [4.78, 5) is 25.9. The molecule has 0 amide bonds. The monoisotopic (exact) mass is 463 g/mol. The number of fused-ring (bicyclic) bond motifs is 2. The number of benzene rings is 3. The number of rotatable bonds is 5. The molecule has 1 fully saturated rings. The molecule has 3 aromatic carbocycles. The van der Waals surface area contributed by atoms with E-state index in [9.17, 15) is 4.79 Å². The molecule has 2 N–H and O–H groups in total. The van der Waals surface area contributed by atoms with Gasteiger partial charge >= 0.3 is 0 Å². The van der Waals surface area contributed by atoms with Crippen LogP contribution in [0.1, 0.15) is 17.3 Å². The first kappa shape index (κ1) is 21.1. The second kappa shape index (κ2) is 8.72. The maximum atomic E-state index is 11.6. The van der Waals surface area contributed by atoms with Crippen molar-refractivity contribution in [3.8, 4) is 0 Å². The lowest BCUT2D eigenvalue weighted by molar-refractivity contribution is 0.101. The number of aromatic amines is 1. The average molecular weight is 464 g/mol. The van der Waals surface area contributed by atoms with E-state index in [1.165, 1.54) is 0 Å². The zero-order valence-corrected chi connectivity index (χ0v) is 19.4. The molecule has 0 bridgehead atoms. The number of nitrogens with one attached hydrogen (secondary N) is 2. The average Bonchev–Trinajstić information content (AvgIpc) is 3.31. The van der Waals surface area contributed by atoms with Crippen molar-refractivity contribution >= 4 is 50.9 Å². The fourth-order valence-electron chi connectivity index (χ4n) is 4.54. The van der Waals surface area contributed by atoms with Gasteiger partial charge in [-0.3, -0.25) is 9.89 Å². The minimum Gasteiger partial charge on any atom is -0.368 e. The van der Waals surface area contributed by atoms with Gasteiger partial charge in [0.1, 0.15) is 5.82 Å². The molecule has 0 atom stereocenters. The van der Waals surface area contributed by atoms with Crippen LogP contribution in [0.15, 0.2) is 72.8 Å². The summed E-state index contributed by atoms with van der Waals surface area (Å²) in [6.07, 6.45) is 0. The highest BCUT2D eigenvalue weighted by Crippen LogP contribution is 2.29. The molecule has 5 aromatic rings. The molecule has 1 saturated heterocycles. The van der Waals surface area contributed by atoms with Gasteiger partial charge in [0.25, 0.3) is 0 Å². The molecule has 8 heteroatoms. The standard InChI is InChI=1S/C27H25N7O/c1-18(35)19-10-12-20(13-11-19)33-14-16-34(17-15-33)27-28-23-8-4-2-6-21(23)25(30-27)29-26-22-7-3-5-9-24(22)31-32-26/h2-13H,14-17H2,1H3,(H2,28,29,30,31,32). The number of nitrogens with zero attached hydrogens (tertiary/aromatic N) is 5. The van der Waals surface area contributed by atoms with Crippen molar-refractivity contribution in [1.82, 2.24) is 20.2 Å². The van der Waals surface area contributed by atoms with Gasteiger partial charge in [-0.05, 0) is 55.5 Å². The van der Waals surface area contributed by atoms with E-state index in [0.717, 1.165) is 70.9 Å². The maximum absolute atomic E-state index is 11.6. The van der Waals surface area contributed by atoms with E-state index in [1.54, 1.807) is 6.92 Å². The minimum absolute atomic E-state index is 0.0853. The normalized spacial score (nSPS) is 14.0. The molecule has 1 aliphatic rings. The fraction of sp³-hybridized carbons (Fsp3) is 0.185. The third kappa shape index (κ3) is 4.03. The molecule has 0 radical (unpaired) electrons. The van der Waals surface area contributed by atoms with Gasteiger partial charge in [0, 0.05) is 48.2 Å². The van der Waals surface area contributed by atoms with Gasteiger partial charge in [0.2, 0.25) is 5.95 Å². The van der Waals surface area contributed by atoms with Crippen LogP contribution in [0.4, 0.5) is 23.3 Å². The molecule has 2 aromatic heterocycles. The molecule has 0 unspecified atom stereocenters. The number of Topliss-reactive ketones (excluding diaryl/α,β-unsaturated/α-hetero) is 1. The quantitative estimate of drug-likeness (QED) is 0.363. The Morgan fingerprint density at radius 2 is 1.49 bits per heavy atom. The van der Waals surface area contributed by atoms with Crippen LogP contribution >= 0.6 is 0 Å². The number of hydrogen-bond donors (Lipinski definition) is 2. The number of H-pyrrole nitrogens is 1. The number of anilines is 4. The van der Waals surface area contributed by atoms with Crippen molar-refractivity contribution in [3.05, 3.63) is 78.4 Å². The number of hydrogen-bond acceptors (Lipinski definition) is 7. The zero-order chi connectivity index (χ0) is 23.8. The lowest BCUT2D eigenvalue weighted by Crippen LogP contribution is -2.47. The van der Waals surface area contributed by atoms with E-state index in [-0.39, 0.29) is 5.78 Å². The Bertz CT molecular complexity index is 1520. The Morgan fingerprint density at radius 1 is 0.800 bits per heavy atom. The van der Waals surface area contributed by atoms with Gasteiger partial charge in [0.05, 0.1) is 11.0 Å². The molecule has 0 aliphatic carbocycles. The number of ketones is 1. The second-order valence-corrected chi connectivity index (χ2v) is 8.71. The minimum atomic E-state index is 0.0853. The van der Waals surface area contributed by atoms with E-state index in [2.05, 4.69) is 25.3 Å². The summed E-state index contributed by atoms with van der Waals surface area (Å²) in [7, 11) is 0. The molecule has 174 valence electrons. The molecule has 35 heavy (non-hydrogen) atoms. The maximum Gasteiger partial charge on any atom is 0.228 e. The van der Waals surface area contributed by atoms with Crippen LogP contribution in [0.25, 0.3) is 21.8 Å². The highest BCUT2D eigenvalue weighted by Gasteiger charge is 2.21. The Hall–Kier alpha value is -4.46. The fourth-order valence-corrected chi connectivity index (χ4v) is 4.54. The molecule has 8 nitrogen and oxygen atoms in total. The van der Waals surface area contributed by atoms with Crippen LogP contribution < -0.4 is 15.1 Å². The molecule has 6 rings (SSSR count). The Balaban J connectivity index is 1.26. The van der Waals surface area contributed by atoms with Crippen LogP contribution in [0, 0.1) is 0 Å². The summed E-state index contributed by atoms with van der Waals surface area (Å²) in [5.74, 6) is 2.28. The van der Waals surface area contributed by atoms with Crippen LogP contribution in [-0.4, -0.2) is 52.1 Å². The predicted octanol–water partition coefficient (Wildman–Crippen LogP) is 4.78. The highest BCUT2D eigenvalue weighted by molar-refractivity contribution is 5.96. The van der Waals surface area contributed by atoms with Crippen LogP contribution in [0.5, 0.6) is 0 Å². The summed E-state index contributed by atoms with van der Waals surface area (Å²) in [5, 5.41) is 12.9. The summed E-state index contributed by atoms with van der Waals surface area (Å²) < 4.78 is 0. The SMILES string of the molecule is CC(=O)c1ccc(N2CCN(c3nc(Nc4n[nH]c5ccccc45)c4ccccc4n3)CC2)cc1. The van der Waals surface area contributed by atoms with Gasteiger partial charge in [-0.1, -0.05) is 24.3 Å². The van der Waals surface area contributed by atoms with Crippen LogP contribution in [0.3, 0.4) is 0 Å². The molecule has 0 spiro atoms. The first-order valence-electron chi connectivity index (χ1n) is 11.7. The van der Waals surface area contributed by atoms with Gasteiger partial charge in [-0.15, -0.1) is 0 Å². The largest absolute Gasteiger partial charge is 0.368 e. The van der Waals surface area contributed by atoms with Crippen LogP contribution in [-0.2, 0) is 0 Å². The smallest absolute Gasteiger partial charge is 0.228 e. The third-order valence-electron chi connectivity index (χ3n) is 6.50. The number of carbonyl (C=O) groups is 1. The summed E-state index contributed by atoms with van der Waals surface area (Å²) in [6.45, 7) is 4.90. The number of piperazine rings is 1. The molecule has 1 aliphatic heterocycles. The van der Waals surface area contributed by atoms with Crippen LogP contribution in [0.2, 0.25) is 0 Å². The van der Waals surface area contributed by atoms with Gasteiger partial charge in [-0.2, -0.15) is 10.1 Å². The first-order chi connectivity index (χ1) is 17.2. The molecule has 3 heterocycles. The van der Waals surface area contributed by atoms with Crippen molar-refractivity contribution < 1.29 is 4.79 Å². The van der Waals surface area contributed by atoms with E-state index in [1.807, 2.05) is 72.8 Å². The van der Waals surface area contributed by atoms with Crippen molar-refractivity contribution in [3.63, 3.8) is 0 Å². The van der Waals surface area contributed by atoms with Crippen molar-refractivity contribution in [2.75, 3.05) is 41.3 Å². The third-order valence-corrected chi connectivity index (χ3v) is 6.50. The predicted molar refractivity (Wildman–Crippen MR) is 140 cm³/mol. The Morgan fingerprint density at radius 3 is 2.26 bits per heavy atom. The van der Waals surface area contributed by atoms with Gasteiger partial charge < -0.3 is 15.1 Å². The molecular formula is C27H25N7O. The Labute approximate surface area is 202 Å². The van der Waals surface area contributed by atoms with E-state index < -0.39 is 0 Å². The lowest BCUT2D eigenvalue weighted by Gasteiger charge is -2.36. The molecule has 0 saturated carbocycles. The van der Waals surface area contributed by atoms with Crippen molar-refractivity contribution in [2.45, 2.75) is 6.92 Å². The van der Waals surface area contributed by atoms with E-state index >= 15 is 0 Å². The number of carbonyl (C=O) groups excluding carboxylic acids is 1. The molecular weight excluding hydrogens is 438 g/mol. The number of para-hydroxylation sites is 2. The van der Waals surface area contributed by atoms with Crippen molar-refractivity contribution in [1.29, 1.82) is 0 Å².